The predicted octanol–water partition coefficient (Wildman–Crippen LogP) is 1.98. The van der Waals surface area contributed by atoms with E-state index in [-0.39, 0.29) is 18.1 Å². The summed E-state index contributed by atoms with van der Waals surface area (Å²) in [6, 6.07) is 0. The summed E-state index contributed by atoms with van der Waals surface area (Å²) >= 11 is 10.5. The Kier molecular flexibility index (Phi) is 14.3. The first-order chi connectivity index (χ1) is 10.1. The zero-order valence-electron chi connectivity index (χ0n) is 12.7. The van der Waals surface area contributed by atoms with Gasteiger partial charge in [0.05, 0.1) is 24.5 Å². The molecule has 1 heterocycles. The van der Waals surface area contributed by atoms with Crippen molar-refractivity contribution in [3.63, 3.8) is 0 Å². The van der Waals surface area contributed by atoms with Gasteiger partial charge in [-0.1, -0.05) is 13.2 Å². The minimum absolute atomic E-state index is 0.0590. The van der Waals surface area contributed by atoms with Gasteiger partial charge in [-0.05, 0) is 13.8 Å². The molecule has 0 saturated carbocycles. The lowest BCUT2D eigenvalue weighted by Crippen LogP contribution is -2.19. The Bertz CT molecular complexity index is 368. The molecule has 8 heteroatoms. The number of epoxide rings is 1. The van der Waals surface area contributed by atoms with Gasteiger partial charge in [0.25, 0.3) is 0 Å². The van der Waals surface area contributed by atoms with Crippen LogP contribution < -0.4 is 0 Å². The lowest BCUT2D eigenvalue weighted by Gasteiger charge is -2.07. The maximum absolute atomic E-state index is 10.7. The lowest BCUT2D eigenvalue weighted by molar-refractivity contribution is -0.141. The van der Waals surface area contributed by atoms with Crippen molar-refractivity contribution in [1.29, 1.82) is 0 Å². The molecule has 1 rings (SSSR count). The molecule has 1 fully saturated rings. The number of rotatable bonds is 6. The fraction of sp³-hybridized carbons (Fsp3) is 0.571. The Hall–Kier alpha value is -1.08. The van der Waals surface area contributed by atoms with Crippen molar-refractivity contribution < 1.29 is 29.3 Å². The van der Waals surface area contributed by atoms with Crippen LogP contribution in [0.25, 0.3) is 0 Å². The number of aliphatic carboxylic acids is 1. The van der Waals surface area contributed by atoms with E-state index in [1.165, 1.54) is 13.8 Å². The van der Waals surface area contributed by atoms with Crippen molar-refractivity contribution in [2.75, 3.05) is 25.0 Å². The average Bonchev–Trinajstić information content (AvgIpc) is 3.29. The van der Waals surface area contributed by atoms with E-state index in [1.54, 1.807) is 0 Å². The maximum Gasteiger partial charge on any atom is 0.333 e. The van der Waals surface area contributed by atoms with Gasteiger partial charge in [0, 0.05) is 11.1 Å². The summed E-state index contributed by atoms with van der Waals surface area (Å²) in [4.78, 5) is 20.3. The number of carboxylic acid groups (broad SMARTS) is 1. The van der Waals surface area contributed by atoms with E-state index in [2.05, 4.69) is 17.9 Å². The van der Waals surface area contributed by atoms with Crippen molar-refractivity contribution in [3.05, 3.63) is 24.3 Å². The molecule has 22 heavy (non-hydrogen) atoms. The van der Waals surface area contributed by atoms with E-state index in [9.17, 15) is 9.59 Å². The zero-order chi connectivity index (χ0) is 17.7. The maximum atomic E-state index is 10.7. The number of carboxylic acids is 1. The molecular weight excluding hydrogens is 335 g/mol. The number of carbonyl (C=O) groups is 2. The first-order valence-corrected chi connectivity index (χ1v) is 7.35. The van der Waals surface area contributed by atoms with E-state index in [0.717, 1.165) is 6.61 Å². The van der Waals surface area contributed by atoms with Gasteiger partial charge in [0.1, 0.15) is 12.7 Å². The van der Waals surface area contributed by atoms with Gasteiger partial charge < -0.3 is 19.7 Å². The summed E-state index contributed by atoms with van der Waals surface area (Å²) in [5.41, 5.74) is 0.488. The molecule has 2 atom stereocenters. The molecule has 6 nitrogen and oxygen atoms in total. The summed E-state index contributed by atoms with van der Waals surface area (Å²) in [5.74, 6) is -0.715. The van der Waals surface area contributed by atoms with Crippen LogP contribution in [0.3, 0.4) is 0 Å². The highest BCUT2D eigenvalue weighted by Crippen LogP contribution is 2.08. The van der Waals surface area contributed by atoms with Gasteiger partial charge in [-0.2, -0.15) is 0 Å². The number of ether oxygens (including phenoxy) is 2. The van der Waals surface area contributed by atoms with Crippen LogP contribution in [-0.4, -0.2) is 59.3 Å². The number of aliphatic hydroxyl groups excluding tert-OH is 1. The van der Waals surface area contributed by atoms with Crippen LogP contribution in [0, 0.1) is 0 Å². The van der Waals surface area contributed by atoms with Crippen molar-refractivity contribution in [1.82, 2.24) is 0 Å². The molecule has 2 N–H and O–H groups in total. The highest BCUT2D eigenvalue weighted by atomic mass is 35.5. The predicted molar refractivity (Wildman–Crippen MR) is 85.4 cm³/mol. The van der Waals surface area contributed by atoms with Crippen molar-refractivity contribution in [2.24, 2.45) is 0 Å². The Labute approximate surface area is 140 Å². The molecule has 0 aromatic heterocycles. The molecule has 0 radical (unpaired) electrons. The third-order valence-electron chi connectivity index (χ3n) is 1.87. The first-order valence-electron chi connectivity index (χ1n) is 6.28. The lowest BCUT2D eigenvalue weighted by atomic mass is 10.3. The monoisotopic (exact) mass is 356 g/mol. The quantitative estimate of drug-likeness (QED) is 0.327. The number of esters is 1. The SMILES string of the molecule is C=C(C)C(=O)O.C=C(C)C(=O)OCC(O)CCl.ClCC1CO1. The standard InChI is InChI=1S/C7H11ClO3.C4H6O2.C3H5ClO/c1-5(2)7(10)11-4-6(9)3-8;1-3(2)4(5)6;4-1-3-2-5-3/h6,9H,1,3-4H2,2H3;1H2,2H3,(H,5,6);3H,1-2H2. The van der Waals surface area contributed by atoms with Gasteiger partial charge >= 0.3 is 11.9 Å². The Balaban J connectivity index is 0. The van der Waals surface area contributed by atoms with E-state index in [0.29, 0.717) is 17.6 Å². The van der Waals surface area contributed by atoms with Gasteiger partial charge in [-0.25, -0.2) is 9.59 Å². The average molecular weight is 357 g/mol. The second-order valence-corrected chi connectivity index (χ2v) is 5.00. The summed E-state index contributed by atoms with van der Waals surface area (Å²) in [6.45, 7) is 10.3. The number of halogens is 2. The van der Waals surface area contributed by atoms with Crippen LogP contribution in [0.5, 0.6) is 0 Å². The van der Waals surface area contributed by atoms with Crippen molar-refractivity contribution in [3.8, 4) is 0 Å². The minimum atomic E-state index is -0.935. The number of carbonyl (C=O) groups excluding carboxylic acids is 1. The second kappa shape index (κ2) is 13.6. The molecule has 128 valence electrons. The highest BCUT2D eigenvalue weighted by Gasteiger charge is 2.19. The molecule has 0 bridgehead atoms. The third-order valence-corrected chi connectivity index (χ3v) is 2.57. The second-order valence-electron chi connectivity index (χ2n) is 4.38. The Morgan fingerprint density at radius 2 is 1.77 bits per heavy atom. The number of aliphatic hydroxyl groups is 1. The molecule has 1 aliphatic heterocycles. The van der Waals surface area contributed by atoms with E-state index in [1.807, 2.05) is 0 Å². The number of hydrogen-bond donors (Lipinski definition) is 2. The normalized spacial score (nSPS) is 16.0. The van der Waals surface area contributed by atoms with Gasteiger partial charge in [-0.15, -0.1) is 23.2 Å². The van der Waals surface area contributed by atoms with Crippen molar-refractivity contribution >= 4 is 35.1 Å². The smallest absolute Gasteiger partial charge is 0.333 e. The van der Waals surface area contributed by atoms with Crippen LogP contribution in [-0.2, 0) is 19.1 Å². The molecule has 0 amide bonds. The topological polar surface area (TPSA) is 96.4 Å². The fourth-order valence-corrected chi connectivity index (χ4v) is 0.764. The summed E-state index contributed by atoms with van der Waals surface area (Å²) in [6.07, 6.45) is -0.392. The molecule has 1 aliphatic rings. The molecular formula is C14H22Cl2O6. The number of hydrogen-bond acceptors (Lipinski definition) is 5. The van der Waals surface area contributed by atoms with E-state index >= 15 is 0 Å². The van der Waals surface area contributed by atoms with Crippen LogP contribution >= 0.6 is 23.2 Å². The highest BCUT2D eigenvalue weighted by molar-refractivity contribution is 6.18. The van der Waals surface area contributed by atoms with Crippen LogP contribution in [0.15, 0.2) is 24.3 Å². The first kappa shape index (κ1) is 23.2. The summed E-state index contributed by atoms with van der Waals surface area (Å²) in [5, 5.41) is 16.7. The van der Waals surface area contributed by atoms with E-state index in [4.69, 9.17) is 38.2 Å². The molecule has 0 spiro atoms. The van der Waals surface area contributed by atoms with Gasteiger partial charge in [0.2, 0.25) is 0 Å². The Morgan fingerprint density at radius 3 is 1.95 bits per heavy atom. The van der Waals surface area contributed by atoms with Crippen molar-refractivity contribution in [2.45, 2.75) is 26.1 Å². The molecule has 0 aliphatic carbocycles. The van der Waals surface area contributed by atoms with E-state index < -0.39 is 18.0 Å². The van der Waals surface area contributed by atoms with Crippen LogP contribution in [0.4, 0.5) is 0 Å². The number of alkyl halides is 2. The largest absolute Gasteiger partial charge is 0.478 e. The van der Waals surface area contributed by atoms with Gasteiger partial charge in [-0.3, -0.25) is 0 Å². The minimum Gasteiger partial charge on any atom is -0.478 e. The van der Waals surface area contributed by atoms with Gasteiger partial charge in [0.15, 0.2) is 0 Å². The third kappa shape index (κ3) is 17.0. The molecule has 2 unspecified atom stereocenters. The zero-order valence-corrected chi connectivity index (χ0v) is 14.2. The Morgan fingerprint density at radius 1 is 1.32 bits per heavy atom. The molecule has 0 aromatic rings. The summed E-state index contributed by atoms with van der Waals surface area (Å²) in [7, 11) is 0. The fourth-order valence-electron chi connectivity index (χ4n) is 0.497. The van der Waals surface area contributed by atoms with Crippen LogP contribution in [0.1, 0.15) is 13.8 Å². The molecule has 1 saturated heterocycles. The van der Waals surface area contributed by atoms with Crippen LogP contribution in [0.2, 0.25) is 0 Å². The summed E-state index contributed by atoms with van der Waals surface area (Å²) < 4.78 is 9.31. The molecule has 0 aromatic carbocycles.